The van der Waals surface area contributed by atoms with Crippen molar-refractivity contribution in [3.8, 4) is 11.5 Å². The zero-order valence-corrected chi connectivity index (χ0v) is 28.6. The van der Waals surface area contributed by atoms with Crippen LogP contribution in [0.3, 0.4) is 0 Å². The molecule has 0 radical (unpaired) electrons. The number of benzene rings is 4. The second-order valence-electron chi connectivity index (χ2n) is 13.5. The van der Waals surface area contributed by atoms with Crippen molar-refractivity contribution >= 4 is 11.9 Å². The number of carbonyl (C=O) groups excluding carboxylic acids is 1. The summed E-state index contributed by atoms with van der Waals surface area (Å²) in [7, 11) is 0. The SMILES string of the molecule is CC(C)c1cc(C(=O)N2Cc3ccc(CN4CCN(CCCC(=O)O)CC4)cc3C2)c(OCc2ccccc2)cc1OCc1ccccc1. The average Bonchev–Trinajstić information content (AvgIpc) is 3.54. The van der Waals surface area contributed by atoms with Gasteiger partial charge in [0.25, 0.3) is 5.91 Å². The van der Waals surface area contributed by atoms with Gasteiger partial charge in [-0.3, -0.25) is 14.5 Å². The van der Waals surface area contributed by atoms with Gasteiger partial charge in [0.05, 0.1) is 5.56 Å². The van der Waals surface area contributed by atoms with Crippen LogP contribution in [0.15, 0.2) is 91.0 Å². The minimum atomic E-state index is -0.727. The zero-order valence-electron chi connectivity index (χ0n) is 28.6. The van der Waals surface area contributed by atoms with Crippen molar-refractivity contribution < 1.29 is 24.2 Å². The first-order valence-electron chi connectivity index (χ1n) is 17.4. The number of aliphatic carboxylic acids is 1. The smallest absolute Gasteiger partial charge is 0.303 e. The molecule has 49 heavy (non-hydrogen) atoms. The van der Waals surface area contributed by atoms with Gasteiger partial charge >= 0.3 is 5.97 Å². The van der Waals surface area contributed by atoms with Gasteiger partial charge in [0, 0.05) is 58.3 Å². The minimum Gasteiger partial charge on any atom is -0.488 e. The molecule has 0 atom stereocenters. The Bertz CT molecular complexity index is 1720. The highest BCUT2D eigenvalue weighted by atomic mass is 16.5. The summed E-state index contributed by atoms with van der Waals surface area (Å²) in [5.41, 5.74) is 7.26. The van der Waals surface area contributed by atoms with Gasteiger partial charge in [-0.25, -0.2) is 0 Å². The van der Waals surface area contributed by atoms with E-state index in [1.54, 1.807) is 0 Å². The number of carbonyl (C=O) groups is 2. The molecule has 0 bridgehead atoms. The summed E-state index contributed by atoms with van der Waals surface area (Å²) in [6.45, 7) is 11.7. The second-order valence-corrected chi connectivity index (χ2v) is 13.5. The van der Waals surface area contributed by atoms with Gasteiger partial charge in [0.1, 0.15) is 24.7 Å². The largest absolute Gasteiger partial charge is 0.488 e. The Morgan fingerprint density at radius 3 is 1.96 bits per heavy atom. The number of carboxylic acid groups (broad SMARTS) is 1. The lowest BCUT2D eigenvalue weighted by molar-refractivity contribution is -0.137. The van der Waals surface area contributed by atoms with Crippen LogP contribution in [0.2, 0.25) is 0 Å². The fraction of sp³-hybridized carbons (Fsp3) is 0.366. The lowest BCUT2D eigenvalue weighted by Crippen LogP contribution is -2.46. The highest BCUT2D eigenvalue weighted by molar-refractivity contribution is 5.98. The molecule has 6 rings (SSSR count). The summed E-state index contributed by atoms with van der Waals surface area (Å²) in [6.07, 6.45) is 0.922. The van der Waals surface area contributed by atoms with Crippen molar-refractivity contribution in [2.45, 2.75) is 65.5 Å². The predicted octanol–water partition coefficient (Wildman–Crippen LogP) is 7.11. The summed E-state index contributed by atoms with van der Waals surface area (Å²) in [6, 6.07) is 30.6. The van der Waals surface area contributed by atoms with Crippen LogP contribution in [-0.2, 0) is 37.6 Å². The predicted molar refractivity (Wildman–Crippen MR) is 191 cm³/mol. The molecule has 1 fully saturated rings. The first-order chi connectivity index (χ1) is 23.8. The van der Waals surface area contributed by atoms with Crippen LogP contribution in [0.5, 0.6) is 11.5 Å². The summed E-state index contributed by atoms with van der Waals surface area (Å²) in [5.74, 6) is 0.630. The van der Waals surface area contributed by atoms with Crippen LogP contribution in [-0.4, -0.2) is 64.4 Å². The standard InChI is InChI=1S/C41H47N3O5/c1-30(2)36-23-37(39(49-29-32-12-7-4-8-13-32)24-38(36)48-28-31-10-5-3-6-11-31)41(47)44-26-34-16-15-33(22-35(34)27-44)25-43-20-18-42(19-21-43)17-9-14-40(45)46/h3-8,10-13,15-16,22-24,30H,9,14,17-21,25-29H2,1-2H3,(H,45,46). The Hall–Kier alpha value is -4.66. The third kappa shape index (κ3) is 9.08. The summed E-state index contributed by atoms with van der Waals surface area (Å²) in [5, 5.41) is 8.93. The van der Waals surface area contributed by atoms with Crippen molar-refractivity contribution in [2.24, 2.45) is 0 Å². The highest BCUT2D eigenvalue weighted by Gasteiger charge is 2.29. The fourth-order valence-electron chi connectivity index (χ4n) is 6.65. The Morgan fingerprint density at radius 1 is 0.714 bits per heavy atom. The number of rotatable bonds is 14. The van der Waals surface area contributed by atoms with Crippen LogP contribution >= 0.6 is 0 Å². The normalized spacial score (nSPS) is 15.0. The van der Waals surface area contributed by atoms with Crippen molar-refractivity contribution in [3.05, 3.63) is 130 Å². The van der Waals surface area contributed by atoms with E-state index >= 15 is 0 Å². The molecule has 2 aliphatic rings. The van der Waals surface area contributed by atoms with E-state index in [9.17, 15) is 9.59 Å². The van der Waals surface area contributed by atoms with Gasteiger partial charge in [-0.2, -0.15) is 0 Å². The molecule has 1 saturated heterocycles. The average molecular weight is 662 g/mol. The molecule has 2 aliphatic heterocycles. The first-order valence-corrected chi connectivity index (χ1v) is 17.4. The number of hydrogen-bond donors (Lipinski definition) is 1. The molecule has 0 aliphatic carbocycles. The van der Waals surface area contributed by atoms with Crippen molar-refractivity contribution in [2.75, 3.05) is 32.7 Å². The molecular weight excluding hydrogens is 614 g/mol. The molecule has 0 unspecified atom stereocenters. The van der Waals surface area contributed by atoms with Gasteiger partial charge in [-0.1, -0.05) is 92.7 Å². The molecule has 4 aromatic rings. The maximum Gasteiger partial charge on any atom is 0.303 e. The monoisotopic (exact) mass is 661 g/mol. The van der Waals surface area contributed by atoms with Gasteiger partial charge in [-0.15, -0.1) is 0 Å². The number of carboxylic acids is 1. The Labute approximate surface area is 289 Å². The molecule has 0 aromatic heterocycles. The number of hydrogen-bond acceptors (Lipinski definition) is 6. The molecule has 1 amide bonds. The lowest BCUT2D eigenvalue weighted by atomic mass is 9.98. The van der Waals surface area contributed by atoms with E-state index in [1.165, 1.54) is 16.7 Å². The Balaban J connectivity index is 1.16. The summed E-state index contributed by atoms with van der Waals surface area (Å²) in [4.78, 5) is 31.9. The van der Waals surface area contributed by atoms with Crippen LogP contribution in [0.4, 0.5) is 0 Å². The van der Waals surface area contributed by atoms with E-state index in [1.807, 2.05) is 77.7 Å². The van der Waals surface area contributed by atoms with E-state index < -0.39 is 5.97 Å². The number of fused-ring (bicyclic) bond motifs is 1. The Morgan fingerprint density at radius 2 is 1.33 bits per heavy atom. The maximum atomic E-state index is 14.3. The topological polar surface area (TPSA) is 82.6 Å². The lowest BCUT2D eigenvalue weighted by Gasteiger charge is -2.34. The zero-order chi connectivity index (χ0) is 34.2. The highest BCUT2D eigenvalue weighted by Crippen LogP contribution is 2.37. The van der Waals surface area contributed by atoms with E-state index in [-0.39, 0.29) is 18.2 Å². The summed E-state index contributed by atoms with van der Waals surface area (Å²) >= 11 is 0. The van der Waals surface area contributed by atoms with Crippen molar-refractivity contribution in [1.29, 1.82) is 0 Å². The van der Waals surface area contributed by atoms with E-state index in [2.05, 4.69) is 41.8 Å². The molecule has 4 aromatic carbocycles. The third-order valence-corrected chi connectivity index (χ3v) is 9.46. The van der Waals surface area contributed by atoms with E-state index in [0.717, 1.165) is 61.7 Å². The van der Waals surface area contributed by atoms with Gasteiger partial charge < -0.3 is 24.4 Å². The van der Waals surface area contributed by atoms with Crippen molar-refractivity contribution in [1.82, 2.24) is 14.7 Å². The van der Waals surface area contributed by atoms with Gasteiger partial charge in [-0.05, 0) is 58.3 Å². The van der Waals surface area contributed by atoms with Gasteiger partial charge in [0.2, 0.25) is 0 Å². The molecule has 0 saturated carbocycles. The second kappa shape index (κ2) is 16.2. The minimum absolute atomic E-state index is 0.0451. The first kappa shape index (κ1) is 34.2. The number of nitrogens with zero attached hydrogens (tertiary/aromatic N) is 3. The molecular formula is C41H47N3O5. The van der Waals surface area contributed by atoms with Crippen molar-refractivity contribution in [3.63, 3.8) is 0 Å². The molecule has 0 spiro atoms. The summed E-state index contributed by atoms with van der Waals surface area (Å²) < 4.78 is 12.8. The Kier molecular flexibility index (Phi) is 11.3. The third-order valence-electron chi connectivity index (χ3n) is 9.46. The van der Waals surface area contributed by atoms with Crippen LogP contribution in [0.25, 0.3) is 0 Å². The van der Waals surface area contributed by atoms with Crippen LogP contribution in [0.1, 0.15) is 76.3 Å². The van der Waals surface area contributed by atoms with Crippen LogP contribution in [0, 0.1) is 0 Å². The maximum absolute atomic E-state index is 14.3. The van der Waals surface area contributed by atoms with Crippen LogP contribution < -0.4 is 9.47 Å². The van der Waals surface area contributed by atoms with Gasteiger partial charge in [0.15, 0.2) is 0 Å². The fourth-order valence-corrected chi connectivity index (χ4v) is 6.65. The number of piperazine rings is 1. The molecule has 256 valence electrons. The number of amides is 1. The molecule has 8 heteroatoms. The molecule has 8 nitrogen and oxygen atoms in total. The van der Waals surface area contributed by atoms with E-state index in [4.69, 9.17) is 14.6 Å². The number of ether oxygens (including phenoxy) is 2. The molecule has 2 heterocycles. The molecule has 1 N–H and O–H groups in total. The van der Waals surface area contributed by atoms with E-state index in [0.29, 0.717) is 44.0 Å². The quantitative estimate of drug-likeness (QED) is 0.154.